The van der Waals surface area contributed by atoms with Gasteiger partial charge in [-0.05, 0) is 19.3 Å². The number of rotatable bonds is 3. The first-order valence-corrected chi connectivity index (χ1v) is 3.93. The van der Waals surface area contributed by atoms with E-state index in [0.717, 1.165) is 12.0 Å². The van der Waals surface area contributed by atoms with Gasteiger partial charge in [-0.2, -0.15) is 0 Å². The molecule has 0 spiro atoms. The molecule has 0 radical (unpaired) electrons. The summed E-state index contributed by atoms with van der Waals surface area (Å²) in [6.45, 7) is 12.5. The van der Waals surface area contributed by atoms with Gasteiger partial charge in [-0.1, -0.05) is 52.0 Å². The second-order valence-corrected chi connectivity index (χ2v) is 3.07. The van der Waals surface area contributed by atoms with E-state index >= 15 is 0 Å². The summed E-state index contributed by atoms with van der Waals surface area (Å²) in [7, 11) is 0. The molecule has 11 heavy (non-hydrogen) atoms. The molecule has 0 N–H and O–H groups in total. The van der Waals surface area contributed by atoms with E-state index in [9.17, 15) is 0 Å². The van der Waals surface area contributed by atoms with Crippen LogP contribution in [0.15, 0.2) is 23.8 Å². The van der Waals surface area contributed by atoms with Crippen molar-refractivity contribution in [2.24, 2.45) is 5.92 Å². The van der Waals surface area contributed by atoms with Crippen LogP contribution in [0.5, 0.6) is 0 Å². The molecule has 0 atom stereocenters. The summed E-state index contributed by atoms with van der Waals surface area (Å²) >= 11 is 0. The first-order chi connectivity index (χ1) is 4.57. The van der Waals surface area contributed by atoms with Gasteiger partial charge >= 0.3 is 0 Å². The van der Waals surface area contributed by atoms with Crippen molar-refractivity contribution in [3.63, 3.8) is 0 Å². The fraction of sp³-hybridized carbons (Fsp3) is 0.636. The summed E-state index contributed by atoms with van der Waals surface area (Å²) in [6.07, 6.45) is 3.33. The van der Waals surface area contributed by atoms with Gasteiger partial charge in [0.2, 0.25) is 0 Å². The highest BCUT2D eigenvalue weighted by molar-refractivity contribution is 5.19. The van der Waals surface area contributed by atoms with E-state index in [-0.39, 0.29) is 7.43 Å². The normalized spacial score (nSPS) is 11.2. The van der Waals surface area contributed by atoms with Crippen molar-refractivity contribution < 1.29 is 0 Å². The van der Waals surface area contributed by atoms with E-state index < -0.39 is 0 Å². The molecule has 0 heterocycles. The van der Waals surface area contributed by atoms with Crippen LogP contribution in [0, 0.1) is 5.92 Å². The fourth-order valence-corrected chi connectivity index (χ4v) is 0.993. The molecule has 0 aliphatic heterocycles. The Bertz CT molecular complexity index is 138. The van der Waals surface area contributed by atoms with Gasteiger partial charge in [0.15, 0.2) is 0 Å². The minimum absolute atomic E-state index is 0. The van der Waals surface area contributed by atoms with Crippen molar-refractivity contribution >= 4 is 0 Å². The maximum absolute atomic E-state index is 3.85. The molecule has 0 fully saturated rings. The first kappa shape index (κ1) is 13.1. The Balaban J connectivity index is 0. The van der Waals surface area contributed by atoms with Gasteiger partial charge in [-0.3, -0.25) is 0 Å². The topological polar surface area (TPSA) is 0 Å². The first-order valence-electron chi connectivity index (χ1n) is 3.93. The third-order valence-corrected chi connectivity index (χ3v) is 1.58. The van der Waals surface area contributed by atoms with E-state index in [2.05, 4.69) is 33.4 Å². The van der Waals surface area contributed by atoms with Crippen molar-refractivity contribution in [2.45, 2.75) is 41.5 Å². The lowest BCUT2D eigenvalue weighted by Gasteiger charge is -2.07. The molecule has 0 bridgehead atoms. The highest BCUT2D eigenvalue weighted by Gasteiger charge is 1.98. The molecule has 0 amide bonds. The van der Waals surface area contributed by atoms with Gasteiger partial charge in [0, 0.05) is 0 Å². The van der Waals surface area contributed by atoms with Gasteiger partial charge < -0.3 is 0 Å². The molecule has 0 aliphatic rings. The molecular formula is C11H22. The second-order valence-electron chi connectivity index (χ2n) is 3.07. The summed E-state index contributed by atoms with van der Waals surface area (Å²) in [5.74, 6) is 0.668. The molecule has 66 valence electrons. The van der Waals surface area contributed by atoms with E-state index in [4.69, 9.17) is 0 Å². The zero-order valence-electron chi connectivity index (χ0n) is 7.57. The van der Waals surface area contributed by atoms with Crippen molar-refractivity contribution in [2.75, 3.05) is 0 Å². The minimum Gasteiger partial charge on any atom is -0.0961 e. The predicted octanol–water partition coefficient (Wildman–Crippen LogP) is 4.19. The third kappa shape index (κ3) is 5.90. The van der Waals surface area contributed by atoms with Crippen molar-refractivity contribution in [3.05, 3.63) is 23.8 Å². The third-order valence-electron chi connectivity index (χ3n) is 1.58. The summed E-state index contributed by atoms with van der Waals surface area (Å²) in [5, 5.41) is 0. The highest BCUT2D eigenvalue weighted by Crippen LogP contribution is 2.14. The van der Waals surface area contributed by atoms with E-state index in [1.165, 1.54) is 5.57 Å². The lowest BCUT2D eigenvalue weighted by Crippen LogP contribution is -1.91. The lowest BCUT2D eigenvalue weighted by atomic mass is 9.99. The number of allylic oxidation sites excluding steroid dienone is 3. The van der Waals surface area contributed by atoms with Gasteiger partial charge in [0.25, 0.3) is 0 Å². The van der Waals surface area contributed by atoms with Crippen LogP contribution in [0.25, 0.3) is 0 Å². The molecule has 0 heteroatoms. The number of hydrogen-bond donors (Lipinski definition) is 0. The fourth-order valence-electron chi connectivity index (χ4n) is 0.993. The molecule has 0 aromatic carbocycles. The SMILES string of the molecule is C.C=C(C)/C=C(\CC)C(C)C. The predicted molar refractivity (Wildman–Crippen MR) is 54.8 cm³/mol. The van der Waals surface area contributed by atoms with Crippen LogP contribution in [0.2, 0.25) is 0 Å². The molecule has 0 aliphatic carbocycles. The Hall–Kier alpha value is -0.520. The van der Waals surface area contributed by atoms with E-state index in [1.807, 2.05) is 6.92 Å². The van der Waals surface area contributed by atoms with Crippen molar-refractivity contribution in [1.29, 1.82) is 0 Å². The zero-order valence-corrected chi connectivity index (χ0v) is 7.57. The summed E-state index contributed by atoms with van der Waals surface area (Å²) in [6, 6.07) is 0. The van der Waals surface area contributed by atoms with Crippen molar-refractivity contribution in [3.8, 4) is 0 Å². The van der Waals surface area contributed by atoms with Gasteiger partial charge in [0.05, 0.1) is 0 Å². The second kappa shape index (κ2) is 6.21. The quantitative estimate of drug-likeness (QED) is 0.535. The highest BCUT2D eigenvalue weighted by atomic mass is 14.0. The Morgan fingerprint density at radius 3 is 2.00 bits per heavy atom. The van der Waals surface area contributed by atoms with Gasteiger partial charge in [-0.15, -0.1) is 0 Å². The average Bonchev–Trinajstić information content (AvgIpc) is 1.81. The maximum atomic E-state index is 3.85. The lowest BCUT2D eigenvalue weighted by molar-refractivity contribution is 0.731. The molecule has 0 aromatic heterocycles. The molecule has 0 unspecified atom stereocenters. The van der Waals surface area contributed by atoms with Crippen LogP contribution in [0.1, 0.15) is 41.5 Å². The minimum atomic E-state index is 0. The molecule has 0 saturated heterocycles. The smallest absolute Gasteiger partial charge is 0.0257 e. The summed E-state index contributed by atoms with van der Waals surface area (Å²) in [4.78, 5) is 0. The summed E-state index contributed by atoms with van der Waals surface area (Å²) in [5.41, 5.74) is 2.65. The average molecular weight is 154 g/mol. The maximum Gasteiger partial charge on any atom is -0.0257 e. The van der Waals surface area contributed by atoms with Crippen molar-refractivity contribution in [1.82, 2.24) is 0 Å². The molecule has 0 saturated carbocycles. The Kier molecular flexibility index (Phi) is 7.39. The monoisotopic (exact) mass is 154 g/mol. The largest absolute Gasteiger partial charge is 0.0961 e. The summed E-state index contributed by atoms with van der Waals surface area (Å²) < 4.78 is 0. The Labute approximate surface area is 72.0 Å². The molecule has 0 nitrogen and oxygen atoms in total. The Morgan fingerprint density at radius 1 is 1.45 bits per heavy atom. The molecule has 0 aromatic rings. The van der Waals surface area contributed by atoms with E-state index in [1.54, 1.807) is 0 Å². The number of hydrogen-bond acceptors (Lipinski definition) is 0. The van der Waals surface area contributed by atoms with Crippen LogP contribution in [0.3, 0.4) is 0 Å². The molecular weight excluding hydrogens is 132 g/mol. The van der Waals surface area contributed by atoms with Crippen LogP contribution in [0.4, 0.5) is 0 Å². The van der Waals surface area contributed by atoms with Crippen LogP contribution < -0.4 is 0 Å². The van der Waals surface area contributed by atoms with E-state index in [0.29, 0.717) is 5.92 Å². The van der Waals surface area contributed by atoms with Crippen LogP contribution in [-0.4, -0.2) is 0 Å². The standard InChI is InChI=1S/C10H18.CH4/c1-6-10(9(4)5)7-8(2)3;/h7,9H,2,6H2,1,3-5H3;1H4/b10-7+;. The van der Waals surface area contributed by atoms with Gasteiger partial charge in [0.1, 0.15) is 0 Å². The zero-order chi connectivity index (χ0) is 8.15. The van der Waals surface area contributed by atoms with Gasteiger partial charge in [-0.25, -0.2) is 0 Å². The molecule has 0 rings (SSSR count). The van der Waals surface area contributed by atoms with Crippen LogP contribution in [-0.2, 0) is 0 Å². The Morgan fingerprint density at radius 2 is 1.91 bits per heavy atom. The van der Waals surface area contributed by atoms with Crippen LogP contribution >= 0.6 is 0 Å².